The van der Waals surface area contributed by atoms with Crippen LogP contribution in [-0.2, 0) is 9.84 Å². The number of aromatic nitrogens is 3. The number of nitrogens with zero attached hydrogens (tertiary/aromatic N) is 4. The molecule has 128 valence electrons. The minimum absolute atomic E-state index is 0.154. The van der Waals surface area contributed by atoms with Crippen LogP contribution in [0.3, 0.4) is 0 Å². The second kappa shape index (κ2) is 5.81. The molecule has 3 rings (SSSR count). The van der Waals surface area contributed by atoms with Gasteiger partial charge in [-0.3, -0.25) is 4.98 Å². The molecule has 1 aliphatic carbocycles. The average Bonchev–Trinajstić information content (AvgIpc) is 3.35. The first kappa shape index (κ1) is 16.8. The fourth-order valence-corrected chi connectivity index (χ4v) is 4.77. The van der Waals surface area contributed by atoms with Crippen molar-refractivity contribution in [3.63, 3.8) is 0 Å². The van der Waals surface area contributed by atoms with Gasteiger partial charge in [-0.2, -0.15) is 0 Å². The minimum Gasteiger partial charge on any atom is -0.355 e. The van der Waals surface area contributed by atoms with Crippen LogP contribution in [0.2, 0.25) is 0 Å². The van der Waals surface area contributed by atoms with E-state index in [1.807, 2.05) is 50.1 Å². The Morgan fingerprint density at radius 1 is 1.21 bits per heavy atom. The van der Waals surface area contributed by atoms with Crippen molar-refractivity contribution in [1.29, 1.82) is 0 Å². The predicted octanol–water partition coefficient (Wildman–Crippen LogP) is 2.25. The quantitative estimate of drug-likeness (QED) is 0.826. The Morgan fingerprint density at radius 3 is 2.46 bits per heavy atom. The number of aryl methyl sites for hydroxylation is 1. The summed E-state index contributed by atoms with van der Waals surface area (Å²) in [7, 11) is -1.22. The third kappa shape index (κ3) is 2.88. The Balaban J connectivity index is 1.96. The van der Waals surface area contributed by atoms with E-state index in [-0.39, 0.29) is 6.04 Å². The topological polar surface area (TPSA) is 76.1 Å². The molecular weight excluding hydrogens is 324 g/mol. The zero-order chi connectivity index (χ0) is 17.5. The van der Waals surface area contributed by atoms with Crippen LogP contribution in [0.4, 0.5) is 5.82 Å². The van der Waals surface area contributed by atoms with E-state index in [0.717, 1.165) is 11.4 Å². The van der Waals surface area contributed by atoms with Gasteiger partial charge in [0.1, 0.15) is 11.6 Å². The van der Waals surface area contributed by atoms with E-state index < -0.39 is 14.6 Å². The molecule has 0 aliphatic heterocycles. The molecule has 0 N–H and O–H groups in total. The SMILES string of the molecule is Cc1nc(-c2ccccn2)cc(N(C)C(C)C2(S(C)(=O)=O)CC2)n1. The molecule has 1 atom stereocenters. The monoisotopic (exact) mass is 346 g/mol. The van der Waals surface area contributed by atoms with E-state index >= 15 is 0 Å². The van der Waals surface area contributed by atoms with E-state index in [1.165, 1.54) is 6.26 Å². The van der Waals surface area contributed by atoms with Crippen molar-refractivity contribution >= 4 is 15.7 Å². The highest BCUT2D eigenvalue weighted by atomic mass is 32.2. The summed E-state index contributed by atoms with van der Waals surface area (Å²) in [5.41, 5.74) is 1.51. The number of hydrogen-bond donors (Lipinski definition) is 0. The van der Waals surface area contributed by atoms with Crippen LogP contribution in [-0.4, -0.2) is 47.5 Å². The second-order valence-electron chi connectivity index (χ2n) is 6.50. The number of sulfone groups is 1. The van der Waals surface area contributed by atoms with E-state index in [4.69, 9.17) is 0 Å². The molecule has 7 heteroatoms. The van der Waals surface area contributed by atoms with Crippen LogP contribution in [0.1, 0.15) is 25.6 Å². The van der Waals surface area contributed by atoms with Crippen molar-refractivity contribution in [2.45, 2.75) is 37.5 Å². The molecule has 1 aliphatic rings. The van der Waals surface area contributed by atoms with Gasteiger partial charge in [0, 0.05) is 31.6 Å². The zero-order valence-corrected chi connectivity index (χ0v) is 15.2. The lowest BCUT2D eigenvalue weighted by molar-refractivity contribution is 0.548. The van der Waals surface area contributed by atoms with Gasteiger partial charge in [-0.15, -0.1) is 0 Å². The molecule has 2 heterocycles. The summed E-state index contributed by atoms with van der Waals surface area (Å²) in [6.07, 6.45) is 4.46. The maximum atomic E-state index is 12.2. The molecule has 0 amide bonds. The van der Waals surface area contributed by atoms with Crippen molar-refractivity contribution < 1.29 is 8.42 Å². The van der Waals surface area contributed by atoms with Gasteiger partial charge >= 0.3 is 0 Å². The summed E-state index contributed by atoms with van der Waals surface area (Å²) in [5.74, 6) is 1.35. The maximum absolute atomic E-state index is 12.2. The molecule has 0 saturated heterocycles. The smallest absolute Gasteiger partial charge is 0.155 e. The van der Waals surface area contributed by atoms with E-state index in [0.29, 0.717) is 24.5 Å². The van der Waals surface area contributed by atoms with Gasteiger partial charge < -0.3 is 4.90 Å². The Hall–Kier alpha value is -2.02. The molecule has 0 spiro atoms. The van der Waals surface area contributed by atoms with Gasteiger partial charge in [0.15, 0.2) is 9.84 Å². The van der Waals surface area contributed by atoms with Gasteiger partial charge in [0.25, 0.3) is 0 Å². The zero-order valence-electron chi connectivity index (χ0n) is 14.4. The normalized spacial score (nSPS) is 17.3. The lowest BCUT2D eigenvalue weighted by atomic mass is 10.1. The summed E-state index contributed by atoms with van der Waals surface area (Å²) < 4.78 is 23.7. The van der Waals surface area contributed by atoms with E-state index in [1.54, 1.807) is 6.20 Å². The van der Waals surface area contributed by atoms with Gasteiger partial charge in [-0.1, -0.05) is 6.07 Å². The largest absolute Gasteiger partial charge is 0.355 e. The highest BCUT2D eigenvalue weighted by molar-refractivity contribution is 7.92. The fraction of sp³-hybridized carbons (Fsp3) is 0.471. The lowest BCUT2D eigenvalue weighted by Gasteiger charge is -2.32. The average molecular weight is 346 g/mol. The van der Waals surface area contributed by atoms with Crippen molar-refractivity contribution in [3.8, 4) is 11.4 Å². The minimum atomic E-state index is -3.11. The Labute approximate surface area is 142 Å². The lowest BCUT2D eigenvalue weighted by Crippen LogP contribution is -2.45. The van der Waals surface area contributed by atoms with Crippen LogP contribution in [0.5, 0.6) is 0 Å². The summed E-state index contributed by atoms with van der Waals surface area (Å²) in [6.45, 7) is 3.78. The molecule has 6 nitrogen and oxygen atoms in total. The van der Waals surface area contributed by atoms with Gasteiger partial charge in [-0.05, 0) is 38.8 Å². The van der Waals surface area contributed by atoms with Gasteiger partial charge in [0.2, 0.25) is 0 Å². The standard InChI is InChI=1S/C17H22N4O2S/c1-12(17(8-9-17)24(4,22)23)21(3)16-11-15(19-13(2)20-16)14-7-5-6-10-18-14/h5-7,10-12H,8-9H2,1-4H3. The second-order valence-corrected chi connectivity index (χ2v) is 8.85. The maximum Gasteiger partial charge on any atom is 0.155 e. The number of rotatable bonds is 5. The van der Waals surface area contributed by atoms with Crippen molar-refractivity contribution in [1.82, 2.24) is 15.0 Å². The van der Waals surface area contributed by atoms with Crippen molar-refractivity contribution in [2.24, 2.45) is 0 Å². The van der Waals surface area contributed by atoms with Gasteiger partial charge in [0.05, 0.1) is 16.1 Å². The van der Waals surface area contributed by atoms with E-state index in [9.17, 15) is 8.42 Å². The highest BCUT2D eigenvalue weighted by Gasteiger charge is 2.57. The summed E-state index contributed by atoms with van der Waals surface area (Å²) in [5, 5.41) is 0. The first-order valence-corrected chi connectivity index (χ1v) is 9.83. The molecule has 24 heavy (non-hydrogen) atoms. The number of anilines is 1. The third-order valence-corrected chi connectivity index (χ3v) is 7.16. The Morgan fingerprint density at radius 2 is 1.92 bits per heavy atom. The van der Waals surface area contributed by atoms with Crippen LogP contribution in [0, 0.1) is 6.92 Å². The van der Waals surface area contributed by atoms with E-state index in [2.05, 4.69) is 15.0 Å². The summed E-state index contributed by atoms with van der Waals surface area (Å²) in [6, 6.07) is 7.38. The molecule has 2 aromatic heterocycles. The van der Waals surface area contributed by atoms with Crippen LogP contribution < -0.4 is 4.90 Å². The molecule has 0 radical (unpaired) electrons. The summed E-state index contributed by atoms with van der Waals surface area (Å²) >= 11 is 0. The Bertz CT molecular complexity index is 848. The third-order valence-electron chi connectivity index (χ3n) is 4.94. The predicted molar refractivity (Wildman–Crippen MR) is 94.7 cm³/mol. The highest BCUT2D eigenvalue weighted by Crippen LogP contribution is 2.48. The molecule has 1 fully saturated rings. The first-order chi connectivity index (χ1) is 11.2. The molecule has 0 bridgehead atoms. The Kier molecular flexibility index (Phi) is 4.07. The van der Waals surface area contributed by atoms with Crippen LogP contribution in [0.15, 0.2) is 30.5 Å². The molecular formula is C17H22N4O2S. The van der Waals surface area contributed by atoms with Crippen molar-refractivity contribution in [2.75, 3.05) is 18.2 Å². The van der Waals surface area contributed by atoms with Gasteiger partial charge in [-0.25, -0.2) is 18.4 Å². The molecule has 2 aromatic rings. The van der Waals surface area contributed by atoms with Crippen LogP contribution in [0.25, 0.3) is 11.4 Å². The van der Waals surface area contributed by atoms with Crippen LogP contribution >= 0.6 is 0 Å². The first-order valence-electron chi connectivity index (χ1n) is 7.94. The number of hydrogen-bond acceptors (Lipinski definition) is 6. The van der Waals surface area contributed by atoms with Crippen molar-refractivity contribution in [3.05, 3.63) is 36.3 Å². The molecule has 1 saturated carbocycles. The fourth-order valence-electron chi connectivity index (χ4n) is 3.15. The number of pyridine rings is 1. The molecule has 1 unspecified atom stereocenters. The molecule has 0 aromatic carbocycles. The summed E-state index contributed by atoms with van der Waals surface area (Å²) in [4.78, 5) is 15.2.